The van der Waals surface area contributed by atoms with Gasteiger partial charge in [0, 0.05) is 144 Å². The van der Waals surface area contributed by atoms with E-state index in [9.17, 15) is 37.2 Å². The largest absolute Gasteiger partial charge is 0.375 e. The van der Waals surface area contributed by atoms with Crippen molar-refractivity contribution in [1.82, 2.24) is 48.8 Å². The maximum absolute atomic E-state index is 11.5. The van der Waals surface area contributed by atoms with Crippen LogP contribution in [0.2, 0.25) is 0 Å². The molecule has 7 aliphatic heterocycles. The average Bonchev–Trinajstić information content (AvgIpc) is 4.08. The van der Waals surface area contributed by atoms with Crippen LogP contribution in [-0.4, -0.2) is 221 Å². The minimum Gasteiger partial charge on any atom is -0.375 e. The van der Waals surface area contributed by atoms with Crippen LogP contribution in [0.25, 0.3) is 0 Å². The number of hydrogen-bond donors (Lipinski definition) is 1. The summed E-state index contributed by atoms with van der Waals surface area (Å²) < 4.78 is 23.3. The van der Waals surface area contributed by atoms with Crippen molar-refractivity contribution in [2.75, 3.05) is 133 Å². The van der Waals surface area contributed by atoms with Crippen LogP contribution in [0.3, 0.4) is 0 Å². The normalized spacial score (nSPS) is 19.6. The molecule has 476 valence electrons. The van der Waals surface area contributed by atoms with Crippen molar-refractivity contribution in [2.45, 2.75) is 131 Å². The molecule has 1 aliphatic carbocycles. The van der Waals surface area contributed by atoms with Crippen LogP contribution in [0.5, 0.6) is 0 Å². The van der Waals surface area contributed by atoms with E-state index in [4.69, 9.17) is 0 Å². The first-order chi connectivity index (χ1) is 37.8. The van der Waals surface area contributed by atoms with Gasteiger partial charge < -0.3 is 44.5 Å². The third-order valence-electron chi connectivity index (χ3n) is 18.0. The third-order valence-corrected chi connectivity index (χ3v) is 19.3. The topological polar surface area (TPSA) is 178 Å². The van der Waals surface area contributed by atoms with E-state index in [1.807, 2.05) is 33.4 Å². The monoisotopic (exact) mass is 1180 g/mol. The zero-order chi connectivity index (χ0) is 63.0. The summed E-state index contributed by atoms with van der Waals surface area (Å²) in [5.41, 5.74) is 1.22. The first-order valence-corrected chi connectivity index (χ1v) is 33.0. The number of nitrogens with zero attached hydrogens (tertiary/aromatic N) is 9. The van der Waals surface area contributed by atoms with Gasteiger partial charge in [0.1, 0.15) is 0 Å². The number of rotatable bonds is 11. The van der Waals surface area contributed by atoms with Crippen molar-refractivity contribution in [2.24, 2.45) is 94.7 Å². The summed E-state index contributed by atoms with van der Waals surface area (Å²) in [6.07, 6.45) is 3.55. The molecule has 82 heavy (non-hydrogen) atoms. The first kappa shape index (κ1) is 74.0. The maximum atomic E-state index is 11.5. The maximum Gasteiger partial charge on any atom is 0.319 e. The van der Waals surface area contributed by atoms with Gasteiger partial charge in [-0.3, -0.25) is 19.2 Å². The van der Waals surface area contributed by atoms with Crippen LogP contribution in [0.4, 0.5) is 9.59 Å². The summed E-state index contributed by atoms with van der Waals surface area (Å²) in [6.45, 7) is 53.9. The highest BCUT2D eigenvalue weighted by Crippen LogP contribution is 2.35. The Kier molecular flexibility index (Phi) is 30.3. The van der Waals surface area contributed by atoms with E-state index in [1.165, 1.54) is 34.2 Å². The lowest BCUT2D eigenvalue weighted by Crippen LogP contribution is -2.55. The van der Waals surface area contributed by atoms with E-state index in [0.717, 1.165) is 127 Å². The Hall–Kier alpha value is -4.13. The van der Waals surface area contributed by atoms with E-state index in [1.54, 1.807) is 45.0 Å². The number of hydrogen-bond acceptors (Lipinski definition) is 9. The quantitative estimate of drug-likeness (QED) is 0.200. The number of nitrogens with one attached hydrogen (secondary N) is 1. The molecule has 0 radical (unpaired) electrons. The molecule has 7 saturated heterocycles. The number of likely N-dealkylation sites (N-methyl/N-ethyl adjacent to an activating group) is 1. The molecule has 8 fully saturated rings. The number of amides is 8. The Morgan fingerprint density at radius 2 is 0.756 bits per heavy atom. The van der Waals surface area contributed by atoms with Crippen LogP contribution < -0.4 is 5.32 Å². The highest BCUT2D eigenvalue weighted by molar-refractivity contribution is 7.88. The number of carbonyl (C=O) groups is 6. The lowest BCUT2D eigenvalue weighted by Gasteiger charge is -2.43. The summed E-state index contributed by atoms with van der Waals surface area (Å²) in [7, 11) is 5.56. The smallest absolute Gasteiger partial charge is 0.319 e. The SMILES string of the molecule is C=C(C)N1CC(C(C)C)C1.CC(C)C(=O)N1CC(C(C)C)C1.CC(C)C1CN(C(=O)C(=O)N(C)C)C1.CC(C)C1CN(C(=O)C2CC2)C1.CC(C)C1CN(C(=O)N(C)C)C1.CC(C)C1CN(S(C)(=O)=O)C1.CNC(=O)N1CC(C(C)C)C1. The molecular weight excluding hydrogens is 1060 g/mol. The van der Waals surface area contributed by atoms with Gasteiger partial charge in [-0.2, -0.15) is 0 Å². The second kappa shape index (κ2) is 33.5. The van der Waals surface area contributed by atoms with Gasteiger partial charge in [-0.05, 0) is 103 Å². The fraction of sp³-hybridized carbons (Fsp3) is 0.873. The number of likely N-dealkylation sites (tertiary alicyclic amines) is 6. The average molecular weight is 1180 g/mol. The fourth-order valence-electron chi connectivity index (χ4n) is 9.65. The molecular formula is C63H120N10O8S. The van der Waals surface area contributed by atoms with Gasteiger partial charge in [-0.1, -0.05) is 117 Å². The molecule has 7 heterocycles. The fourth-order valence-corrected chi connectivity index (χ4v) is 10.6. The molecule has 0 aromatic carbocycles. The van der Waals surface area contributed by atoms with Gasteiger partial charge in [0.15, 0.2) is 0 Å². The molecule has 8 aliphatic rings. The molecule has 8 amide bonds. The lowest BCUT2D eigenvalue weighted by atomic mass is 9.88. The second-order valence-corrected chi connectivity index (χ2v) is 30.1. The molecule has 0 aromatic heterocycles. The van der Waals surface area contributed by atoms with Gasteiger partial charge in [-0.15, -0.1) is 0 Å². The molecule has 0 atom stereocenters. The zero-order valence-corrected chi connectivity index (χ0v) is 56.8. The third kappa shape index (κ3) is 23.4. The minimum atomic E-state index is -2.90. The van der Waals surface area contributed by atoms with Crippen LogP contribution in [0, 0.1) is 94.7 Å². The molecule has 8 rings (SSSR count). The predicted octanol–water partition coefficient (Wildman–Crippen LogP) is 8.27. The van der Waals surface area contributed by atoms with Crippen molar-refractivity contribution in [3.8, 4) is 0 Å². The Morgan fingerprint density at radius 1 is 0.451 bits per heavy atom. The van der Waals surface area contributed by atoms with Gasteiger partial charge in [-0.25, -0.2) is 22.3 Å². The van der Waals surface area contributed by atoms with E-state index >= 15 is 0 Å². The van der Waals surface area contributed by atoms with Crippen molar-refractivity contribution in [3.05, 3.63) is 12.3 Å². The molecule has 0 bridgehead atoms. The number of allylic oxidation sites excluding steroid dienone is 1. The molecule has 1 N–H and O–H groups in total. The first-order valence-electron chi connectivity index (χ1n) is 31.2. The highest BCUT2D eigenvalue weighted by Gasteiger charge is 2.41. The van der Waals surface area contributed by atoms with Gasteiger partial charge in [0.2, 0.25) is 21.8 Å². The van der Waals surface area contributed by atoms with Crippen LogP contribution in [0.15, 0.2) is 12.3 Å². The minimum absolute atomic E-state index is 0.0573. The zero-order valence-electron chi connectivity index (χ0n) is 56.0. The van der Waals surface area contributed by atoms with Crippen molar-refractivity contribution in [3.63, 3.8) is 0 Å². The lowest BCUT2D eigenvalue weighted by molar-refractivity contribution is -0.154. The summed E-state index contributed by atoms with van der Waals surface area (Å²) >= 11 is 0. The van der Waals surface area contributed by atoms with E-state index in [-0.39, 0.29) is 23.9 Å². The Morgan fingerprint density at radius 3 is 1.04 bits per heavy atom. The Bertz CT molecular complexity index is 2030. The van der Waals surface area contributed by atoms with Gasteiger partial charge in [0.05, 0.1) is 6.26 Å². The summed E-state index contributed by atoms with van der Waals surface area (Å²) in [5, 5.41) is 2.61. The summed E-state index contributed by atoms with van der Waals surface area (Å²) in [5.74, 6) is 10.4. The van der Waals surface area contributed by atoms with Crippen LogP contribution in [-0.2, 0) is 29.2 Å². The Labute approximate surface area is 500 Å². The number of carbonyl (C=O) groups excluding carboxylic acids is 6. The second-order valence-electron chi connectivity index (χ2n) is 28.1. The summed E-state index contributed by atoms with van der Waals surface area (Å²) in [6, 6.07) is 0.203. The van der Waals surface area contributed by atoms with Gasteiger partial charge in [0.25, 0.3) is 0 Å². The molecule has 19 heteroatoms. The summed E-state index contributed by atoms with van der Waals surface area (Å²) in [4.78, 5) is 82.6. The van der Waals surface area contributed by atoms with E-state index < -0.39 is 15.9 Å². The van der Waals surface area contributed by atoms with Gasteiger partial charge >= 0.3 is 23.9 Å². The molecule has 0 spiro atoms. The predicted molar refractivity (Wildman–Crippen MR) is 334 cm³/mol. The van der Waals surface area contributed by atoms with Crippen LogP contribution in [0.1, 0.15) is 131 Å². The standard InChI is InChI=1S/C10H18N2O2.C10H17NO.C10H19NO.C9H18N2O.C9H17N.C8H16N2O.C7H15NO2S/c1-7(2)8-5-12(6-8)10(14)9(13)11(3)4;1-7(2)9-5-11(6-9)10(12)8-3-4-8;1-7(2)9-5-11(6-9)10(12)8(3)4;1-7(2)8-5-11(6-8)9(12)10(3)4;1-7(2)9-5-10(6-9)8(3)4;1-6(2)7-4-10(5-7)8(11)9-3;1-6(2)7-4-8(5-7)11(3,9)10/h7-8H,5-6H2,1-4H3;7-9H,3-6H2,1-2H3;7-9H,5-6H2,1-4H3;7-8H,5-6H2,1-4H3;7,9H,3,5-6H2,1-2,4H3;6-7H,4-5H2,1-3H3,(H,9,11);6-7H,4-5H2,1-3H3. The number of urea groups is 2. The molecule has 0 aromatic rings. The van der Waals surface area contributed by atoms with Crippen molar-refractivity contribution >= 4 is 45.7 Å². The van der Waals surface area contributed by atoms with E-state index in [2.05, 4.69) is 121 Å². The highest BCUT2D eigenvalue weighted by atomic mass is 32.2. The Balaban J connectivity index is 0.000000327. The number of sulfonamides is 1. The van der Waals surface area contributed by atoms with Crippen molar-refractivity contribution < 1.29 is 37.2 Å². The molecule has 1 saturated carbocycles. The molecule has 0 unspecified atom stereocenters. The van der Waals surface area contributed by atoms with Crippen molar-refractivity contribution in [1.29, 1.82) is 0 Å². The van der Waals surface area contributed by atoms with E-state index in [0.29, 0.717) is 65.1 Å². The molecule has 18 nitrogen and oxygen atoms in total. The van der Waals surface area contributed by atoms with Crippen LogP contribution >= 0.6 is 0 Å².